The van der Waals surface area contributed by atoms with Crippen molar-refractivity contribution < 1.29 is 8.83 Å². The Labute approximate surface area is 111 Å². The smallest absolute Gasteiger partial charge is 0.283 e. The highest BCUT2D eigenvalue weighted by atomic mass is 16.4. The van der Waals surface area contributed by atoms with Crippen LogP contribution in [0.5, 0.6) is 0 Å². The number of hydrogen-bond donors (Lipinski definition) is 1. The molecule has 0 saturated carbocycles. The molecule has 2 atom stereocenters. The van der Waals surface area contributed by atoms with Crippen LogP contribution in [0.4, 0.5) is 0 Å². The number of aromatic nitrogens is 2. The highest BCUT2D eigenvalue weighted by Crippen LogP contribution is 2.21. The molecule has 2 N–H and O–H groups in total. The number of likely N-dealkylation sites (tertiary alicyclic amines) is 1. The SMILES string of the molecule is CC1CC(N)CCN1Cc1nnc(-c2ccco2)o1. The summed E-state index contributed by atoms with van der Waals surface area (Å²) in [5.41, 5.74) is 5.96. The highest BCUT2D eigenvalue weighted by Gasteiger charge is 2.24. The van der Waals surface area contributed by atoms with Crippen molar-refractivity contribution in [3.05, 3.63) is 24.3 Å². The van der Waals surface area contributed by atoms with E-state index in [0.717, 1.165) is 19.4 Å². The van der Waals surface area contributed by atoms with Gasteiger partial charge in [-0.1, -0.05) is 0 Å². The Hall–Kier alpha value is -1.66. The number of piperidine rings is 1. The van der Waals surface area contributed by atoms with Gasteiger partial charge in [-0.05, 0) is 31.9 Å². The molecule has 3 rings (SSSR count). The minimum atomic E-state index is 0.313. The molecule has 0 radical (unpaired) electrons. The zero-order valence-corrected chi connectivity index (χ0v) is 11.0. The van der Waals surface area contributed by atoms with Gasteiger partial charge in [-0.25, -0.2) is 0 Å². The summed E-state index contributed by atoms with van der Waals surface area (Å²) in [6.07, 6.45) is 3.62. The molecule has 0 spiro atoms. The fourth-order valence-corrected chi connectivity index (χ4v) is 2.48. The van der Waals surface area contributed by atoms with E-state index < -0.39 is 0 Å². The molecular weight excluding hydrogens is 244 g/mol. The van der Waals surface area contributed by atoms with Crippen LogP contribution in [-0.2, 0) is 6.54 Å². The van der Waals surface area contributed by atoms with Gasteiger partial charge >= 0.3 is 0 Å². The van der Waals surface area contributed by atoms with Gasteiger partial charge in [0.15, 0.2) is 5.76 Å². The summed E-state index contributed by atoms with van der Waals surface area (Å²) < 4.78 is 10.8. The van der Waals surface area contributed by atoms with Crippen LogP contribution in [0.25, 0.3) is 11.7 Å². The first kappa shape index (κ1) is 12.4. The lowest BCUT2D eigenvalue weighted by Crippen LogP contribution is -2.45. The lowest BCUT2D eigenvalue weighted by atomic mass is 9.99. The molecule has 2 aromatic rings. The van der Waals surface area contributed by atoms with E-state index in [1.54, 1.807) is 18.4 Å². The molecule has 2 aromatic heterocycles. The largest absolute Gasteiger partial charge is 0.459 e. The predicted octanol–water partition coefficient (Wildman–Crippen LogP) is 1.64. The van der Waals surface area contributed by atoms with Crippen LogP contribution in [0.15, 0.2) is 27.2 Å². The van der Waals surface area contributed by atoms with Crippen molar-refractivity contribution in [1.29, 1.82) is 0 Å². The molecule has 0 aliphatic carbocycles. The first-order valence-electron chi connectivity index (χ1n) is 6.58. The summed E-state index contributed by atoms with van der Waals surface area (Å²) in [4.78, 5) is 2.32. The van der Waals surface area contributed by atoms with Gasteiger partial charge < -0.3 is 14.6 Å². The molecule has 1 saturated heterocycles. The van der Waals surface area contributed by atoms with Gasteiger partial charge in [0.1, 0.15) is 0 Å². The molecule has 6 heteroatoms. The van der Waals surface area contributed by atoms with Gasteiger partial charge in [-0.3, -0.25) is 4.90 Å². The second-order valence-corrected chi connectivity index (χ2v) is 5.08. The van der Waals surface area contributed by atoms with E-state index in [2.05, 4.69) is 22.0 Å². The first-order valence-corrected chi connectivity index (χ1v) is 6.58. The third-order valence-electron chi connectivity index (χ3n) is 3.59. The number of nitrogens with zero attached hydrogens (tertiary/aromatic N) is 3. The van der Waals surface area contributed by atoms with Crippen molar-refractivity contribution in [1.82, 2.24) is 15.1 Å². The van der Waals surface area contributed by atoms with Gasteiger partial charge in [0.2, 0.25) is 5.89 Å². The molecule has 1 fully saturated rings. The molecule has 6 nitrogen and oxygen atoms in total. The summed E-state index contributed by atoms with van der Waals surface area (Å²) in [7, 11) is 0. The molecule has 19 heavy (non-hydrogen) atoms. The van der Waals surface area contributed by atoms with E-state index in [-0.39, 0.29) is 0 Å². The van der Waals surface area contributed by atoms with Gasteiger partial charge in [0.05, 0.1) is 12.8 Å². The maximum Gasteiger partial charge on any atom is 0.283 e. The molecule has 102 valence electrons. The summed E-state index contributed by atoms with van der Waals surface area (Å²) in [6.45, 7) is 3.82. The lowest BCUT2D eigenvalue weighted by molar-refractivity contribution is 0.128. The zero-order chi connectivity index (χ0) is 13.2. The fourth-order valence-electron chi connectivity index (χ4n) is 2.48. The van der Waals surface area contributed by atoms with E-state index in [9.17, 15) is 0 Å². The van der Waals surface area contributed by atoms with Crippen molar-refractivity contribution in [2.75, 3.05) is 6.54 Å². The Kier molecular flexibility index (Phi) is 3.35. The van der Waals surface area contributed by atoms with Gasteiger partial charge in [0, 0.05) is 18.6 Å². The third-order valence-corrected chi connectivity index (χ3v) is 3.59. The minimum absolute atomic E-state index is 0.313. The van der Waals surface area contributed by atoms with Crippen LogP contribution >= 0.6 is 0 Å². The van der Waals surface area contributed by atoms with Crippen molar-refractivity contribution in [3.8, 4) is 11.7 Å². The van der Waals surface area contributed by atoms with Crippen LogP contribution in [-0.4, -0.2) is 33.7 Å². The Morgan fingerprint density at radius 2 is 2.37 bits per heavy atom. The molecule has 3 heterocycles. The topological polar surface area (TPSA) is 81.3 Å². The third kappa shape index (κ3) is 2.69. The molecule has 1 aliphatic heterocycles. The number of nitrogens with two attached hydrogens (primary N) is 1. The van der Waals surface area contributed by atoms with Crippen LogP contribution in [0.3, 0.4) is 0 Å². The number of rotatable bonds is 3. The van der Waals surface area contributed by atoms with Gasteiger partial charge in [-0.15, -0.1) is 10.2 Å². The Bertz CT molecular complexity index is 522. The van der Waals surface area contributed by atoms with Gasteiger partial charge in [-0.2, -0.15) is 0 Å². The Balaban J connectivity index is 1.67. The maximum absolute atomic E-state index is 5.96. The summed E-state index contributed by atoms with van der Waals surface area (Å²) >= 11 is 0. The number of furan rings is 1. The minimum Gasteiger partial charge on any atom is -0.459 e. The van der Waals surface area contributed by atoms with Gasteiger partial charge in [0.25, 0.3) is 5.89 Å². The predicted molar refractivity (Wildman–Crippen MR) is 69.1 cm³/mol. The van der Waals surface area contributed by atoms with Crippen molar-refractivity contribution >= 4 is 0 Å². The Morgan fingerprint density at radius 1 is 1.47 bits per heavy atom. The van der Waals surface area contributed by atoms with Crippen LogP contribution in [0, 0.1) is 0 Å². The molecule has 1 aliphatic rings. The fraction of sp³-hybridized carbons (Fsp3) is 0.538. The van der Waals surface area contributed by atoms with Crippen LogP contribution in [0.1, 0.15) is 25.7 Å². The Morgan fingerprint density at radius 3 is 3.11 bits per heavy atom. The van der Waals surface area contributed by atoms with Crippen LogP contribution in [0.2, 0.25) is 0 Å². The van der Waals surface area contributed by atoms with Crippen molar-refractivity contribution in [2.45, 2.75) is 38.4 Å². The average Bonchev–Trinajstić information content (AvgIpc) is 3.03. The quantitative estimate of drug-likeness (QED) is 0.905. The van der Waals surface area contributed by atoms with E-state index in [4.69, 9.17) is 14.6 Å². The molecule has 0 bridgehead atoms. The summed E-state index contributed by atoms with van der Waals surface area (Å²) in [5, 5.41) is 8.07. The lowest BCUT2D eigenvalue weighted by Gasteiger charge is -2.35. The van der Waals surface area contributed by atoms with E-state index in [1.807, 2.05) is 0 Å². The summed E-state index contributed by atoms with van der Waals surface area (Å²) in [6, 6.07) is 4.36. The second-order valence-electron chi connectivity index (χ2n) is 5.08. The first-order chi connectivity index (χ1) is 9.22. The molecule has 0 amide bonds. The van der Waals surface area contributed by atoms with E-state index >= 15 is 0 Å². The van der Waals surface area contributed by atoms with E-state index in [0.29, 0.717) is 36.2 Å². The normalized spacial score (nSPS) is 24.7. The monoisotopic (exact) mass is 262 g/mol. The second kappa shape index (κ2) is 5.14. The highest BCUT2D eigenvalue weighted by molar-refractivity contribution is 5.42. The number of hydrogen-bond acceptors (Lipinski definition) is 6. The van der Waals surface area contributed by atoms with Crippen LogP contribution < -0.4 is 5.73 Å². The average molecular weight is 262 g/mol. The zero-order valence-electron chi connectivity index (χ0n) is 11.0. The van der Waals surface area contributed by atoms with E-state index in [1.165, 1.54) is 0 Å². The summed E-state index contributed by atoms with van der Waals surface area (Å²) in [5.74, 6) is 1.66. The van der Waals surface area contributed by atoms with Crippen molar-refractivity contribution in [3.63, 3.8) is 0 Å². The molecule has 0 aromatic carbocycles. The van der Waals surface area contributed by atoms with Crippen molar-refractivity contribution in [2.24, 2.45) is 5.73 Å². The molecule has 2 unspecified atom stereocenters. The molecular formula is C13H18N4O2. The maximum atomic E-state index is 5.96. The standard InChI is InChI=1S/C13H18N4O2/c1-9-7-10(14)4-5-17(9)8-12-15-16-13(19-12)11-3-2-6-18-11/h2-3,6,9-10H,4-5,7-8,14H2,1H3.